The van der Waals surface area contributed by atoms with Gasteiger partial charge in [0, 0.05) is 24.2 Å². The molecule has 3 aromatic rings. The second-order valence-electron chi connectivity index (χ2n) is 5.55. The molecular weight excluding hydrogens is 316 g/mol. The third-order valence-electron chi connectivity index (χ3n) is 4.03. The number of aromatic nitrogens is 5. The first kappa shape index (κ1) is 14.2. The molecule has 0 saturated carbocycles. The highest BCUT2D eigenvalue weighted by Gasteiger charge is 2.32. The van der Waals surface area contributed by atoms with E-state index in [0.29, 0.717) is 16.9 Å². The predicted octanol–water partition coefficient (Wildman–Crippen LogP) is 2.86. The van der Waals surface area contributed by atoms with Crippen LogP contribution >= 0.6 is 11.6 Å². The Balaban J connectivity index is 1.65. The molecule has 1 atom stereocenters. The molecule has 0 amide bonds. The first-order valence-corrected chi connectivity index (χ1v) is 7.80. The van der Waals surface area contributed by atoms with Crippen LogP contribution in [-0.4, -0.2) is 31.5 Å². The fraction of sp³-hybridized carbons (Fsp3) is 0.333. The zero-order valence-corrected chi connectivity index (χ0v) is 13.3. The molecule has 1 aliphatic heterocycles. The Morgan fingerprint density at radius 1 is 1.26 bits per heavy atom. The zero-order valence-electron chi connectivity index (χ0n) is 12.6. The summed E-state index contributed by atoms with van der Waals surface area (Å²) in [6.45, 7) is 0.856. The van der Waals surface area contributed by atoms with E-state index in [1.54, 1.807) is 6.33 Å². The van der Waals surface area contributed by atoms with Gasteiger partial charge in [0.25, 0.3) is 0 Å². The highest BCUT2D eigenvalue weighted by atomic mass is 35.5. The molecule has 0 bridgehead atoms. The van der Waals surface area contributed by atoms with Crippen LogP contribution in [0.1, 0.15) is 24.7 Å². The molecule has 7 nitrogen and oxygen atoms in total. The number of hydrogen-bond acceptors (Lipinski definition) is 6. The van der Waals surface area contributed by atoms with E-state index in [9.17, 15) is 0 Å². The smallest absolute Gasteiger partial charge is 0.319 e. The molecular formula is C15H15ClN6O. The molecule has 1 fully saturated rings. The van der Waals surface area contributed by atoms with Gasteiger partial charge >= 0.3 is 6.01 Å². The highest BCUT2D eigenvalue weighted by Crippen LogP contribution is 2.35. The van der Waals surface area contributed by atoms with Crippen LogP contribution in [0.25, 0.3) is 11.5 Å². The van der Waals surface area contributed by atoms with Gasteiger partial charge < -0.3 is 13.9 Å². The predicted molar refractivity (Wildman–Crippen MR) is 85.1 cm³/mol. The molecule has 4 rings (SSSR count). The first-order chi connectivity index (χ1) is 11.2. The molecule has 0 spiro atoms. The average molecular weight is 331 g/mol. The van der Waals surface area contributed by atoms with Crippen molar-refractivity contribution >= 4 is 17.6 Å². The number of aryl methyl sites for hydroxylation is 1. The average Bonchev–Trinajstić information content (AvgIpc) is 3.26. The highest BCUT2D eigenvalue weighted by molar-refractivity contribution is 6.30. The molecule has 8 heteroatoms. The fourth-order valence-electron chi connectivity index (χ4n) is 2.93. The minimum atomic E-state index is 0.107. The number of benzene rings is 1. The molecule has 118 valence electrons. The van der Waals surface area contributed by atoms with E-state index < -0.39 is 0 Å². The van der Waals surface area contributed by atoms with Crippen molar-refractivity contribution in [3.8, 4) is 11.5 Å². The molecule has 1 aromatic carbocycles. The van der Waals surface area contributed by atoms with E-state index in [4.69, 9.17) is 16.0 Å². The third kappa shape index (κ3) is 2.57. The number of nitrogens with zero attached hydrogens (tertiary/aromatic N) is 6. The second kappa shape index (κ2) is 5.66. The molecule has 0 radical (unpaired) electrons. The summed E-state index contributed by atoms with van der Waals surface area (Å²) in [5.41, 5.74) is 0.811. The standard InChI is InChI=1S/C15H15ClN6O/c1-21-9-17-18-13(21)12-6-3-7-22(12)15-20-19-14(23-15)10-4-2-5-11(16)8-10/h2,4-5,8-9,12H,3,6-7H2,1H3. The molecule has 3 heterocycles. The van der Waals surface area contributed by atoms with E-state index in [-0.39, 0.29) is 6.04 Å². The van der Waals surface area contributed by atoms with E-state index >= 15 is 0 Å². The monoisotopic (exact) mass is 330 g/mol. The maximum atomic E-state index is 6.02. The topological polar surface area (TPSA) is 72.9 Å². The van der Waals surface area contributed by atoms with E-state index in [0.717, 1.165) is 30.8 Å². The summed E-state index contributed by atoms with van der Waals surface area (Å²) in [7, 11) is 1.94. The summed E-state index contributed by atoms with van der Waals surface area (Å²) in [5, 5.41) is 17.2. The van der Waals surface area contributed by atoms with E-state index in [1.807, 2.05) is 35.9 Å². The van der Waals surface area contributed by atoms with Crippen LogP contribution in [0.4, 0.5) is 6.01 Å². The van der Waals surface area contributed by atoms with E-state index in [1.165, 1.54) is 0 Å². The minimum absolute atomic E-state index is 0.107. The maximum Gasteiger partial charge on any atom is 0.319 e. The Morgan fingerprint density at radius 3 is 2.96 bits per heavy atom. The Kier molecular flexibility index (Phi) is 3.49. The second-order valence-corrected chi connectivity index (χ2v) is 5.99. The van der Waals surface area contributed by atoms with Gasteiger partial charge in [-0.25, -0.2) is 0 Å². The lowest BCUT2D eigenvalue weighted by Crippen LogP contribution is -2.25. The molecule has 0 N–H and O–H groups in total. The van der Waals surface area contributed by atoms with Gasteiger partial charge in [0.2, 0.25) is 5.89 Å². The van der Waals surface area contributed by atoms with Gasteiger partial charge in [-0.2, -0.15) is 0 Å². The van der Waals surface area contributed by atoms with Gasteiger partial charge in [-0.05, 0) is 31.0 Å². The third-order valence-corrected chi connectivity index (χ3v) is 4.26. The lowest BCUT2D eigenvalue weighted by molar-refractivity contribution is 0.522. The van der Waals surface area contributed by atoms with Crippen molar-refractivity contribution in [2.24, 2.45) is 7.05 Å². The van der Waals surface area contributed by atoms with Crippen molar-refractivity contribution in [2.45, 2.75) is 18.9 Å². The SMILES string of the molecule is Cn1cnnc1C1CCCN1c1nnc(-c2cccc(Cl)c2)o1. The molecule has 1 unspecified atom stereocenters. The van der Waals surface area contributed by atoms with Crippen LogP contribution in [0.2, 0.25) is 5.02 Å². The number of rotatable bonds is 3. The number of hydrogen-bond donors (Lipinski definition) is 0. The number of halogens is 1. The Morgan fingerprint density at radius 2 is 2.17 bits per heavy atom. The lowest BCUT2D eigenvalue weighted by atomic mass is 10.2. The van der Waals surface area contributed by atoms with Gasteiger partial charge in [-0.1, -0.05) is 22.8 Å². The Bertz CT molecular complexity index is 829. The van der Waals surface area contributed by atoms with Gasteiger partial charge in [-0.15, -0.1) is 15.3 Å². The summed E-state index contributed by atoms with van der Waals surface area (Å²) >= 11 is 6.02. The van der Waals surface area contributed by atoms with Crippen molar-refractivity contribution < 1.29 is 4.42 Å². The van der Waals surface area contributed by atoms with Crippen molar-refractivity contribution in [3.05, 3.63) is 41.4 Å². The van der Waals surface area contributed by atoms with Gasteiger partial charge in [-0.3, -0.25) is 0 Å². The largest absolute Gasteiger partial charge is 0.403 e. The van der Waals surface area contributed by atoms with Gasteiger partial charge in [0.1, 0.15) is 6.33 Å². The molecule has 2 aromatic heterocycles. The quantitative estimate of drug-likeness (QED) is 0.735. The maximum absolute atomic E-state index is 6.02. The molecule has 1 aliphatic rings. The zero-order chi connectivity index (χ0) is 15.8. The van der Waals surface area contributed by atoms with Crippen molar-refractivity contribution in [1.29, 1.82) is 0 Å². The Labute approximate surface area is 137 Å². The van der Waals surface area contributed by atoms with Crippen LogP contribution in [0.5, 0.6) is 0 Å². The summed E-state index contributed by atoms with van der Waals surface area (Å²) < 4.78 is 7.79. The summed E-state index contributed by atoms with van der Waals surface area (Å²) in [6.07, 6.45) is 3.74. The van der Waals surface area contributed by atoms with Crippen molar-refractivity contribution in [3.63, 3.8) is 0 Å². The van der Waals surface area contributed by atoms with E-state index in [2.05, 4.69) is 25.3 Å². The van der Waals surface area contributed by atoms with Crippen LogP contribution in [0, 0.1) is 0 Å². The first-order valence-electron chi connectivity index (χ1n) is 7.42. The van der Waals surface area contributed by atoms with Crippen LogP contribution in [-0.2, 0) is 7.05 Å². The summed E-state index contributed by atoms with van der Waals surface area (Å²) in [6, 6.07) is 7.99. The van der Waals surface area contributed by atoms with Crippen LogP contribution in [0.15, 0.2) is 35.0 Å². The van der Waals surface area contributed by atoms with Crippen molar-refractivity contribution in [2.75, 3.05) is 11.4 Å². The number of anilines is 1. The normalized spacial score (nSPS) is 17.8. The summed E-state index contributed by atoms with van der Waals surface area (Å²) in [5.74, 6) is 1.37. The van der Waals surface area contributed by atoms with Gasteiger partial charge in [0.05, 0.1) is 6.04 Å². The summed E-state index contributed by atoms with van der Waals surface area (Å²) in [4.78, 5) is 2.09. The lowest BCUT2D eigenvalue weighted by Gasteiger charge is -2.21. The van der Waals surface area contributed by atoms with Crippen LogP contribution in [0.3, 0.4) is 0 Å². The Hall–Kier alpha value is -2.41. The molecule has 23 heavy (non-hydrogen) atoms. The van der Waals surface area contributed by atoms with Crippen LogP contribution < -0.4 is 4.90 Å². The fourth-order valence-corrected chi connectivity index (χ4v) is 3.12. The minimum Gasteiger partial charge on any atom is -0.403 e. The molecule has 1 saturated heterocycles. The van der Waals surface area contributed by atoms with Gasteiger partial charge in [0.15, 0.2) is 5.82 Å². The molecule has 0 aliphatic carbocycles. The van der Waals surface area contributed by atoms with Crippen molar-refractivity contribution in [1.82, 2.24) is 25.0 Å².